The molecule has 5 rings (SSSR count). The Morgan fingerprint density at radius 3 is 2.21 bits per heavy atom. The minimum Gasteiger partial charge on any atom is -0.385 e. The van der Waals surface area contributed by atoms with Crippen molar-refractivity contribution in [2.24, 2.45) is 5.92 Å². The second kappa shape index (κ2) is 14.3. The first-order chi connectivity index (χ1) is 20.6. The molecule has 1 amide bonds. The summed E-state index contributed by atoms with van der Waals surface area (Å²) in [5.74, 6) is 0.179. The number of methoxy groups -OCH3 is 1. The van der Waals surface area contributed by atoms with Gasteiger partial charge in [-0.25, -0.2) is 0 Å². The number of nitrogens with zero attached hydrogens (tertiary/aromatic N) is 3. The van der Waals surface area contributed by atoms with Gasteiger partial charge in [-0.2, -0.15) is 0 Å². The highest BCUT2D eigenvalue weighted by molar-refractivity contribution is 6.06. The maximum Gasteiger partial charge on any atom is 0.256 e. The molecule has 3 aromatic carbocycles. The number of piperazine rings is 1. The molecular formula is C36H41N3O3. The van der Waals surface area contributed by atoms with Gasteiger partial charge in [0.05, 0.1) is 11.6 Å². The number of aromatic nitrogens is 1. The lowest BCUT2D eigenvalue weighted by Gasteiger charge is -2.46. The van der Waals surface area contributed by atoms with Crippen LogP contribution in [-0.4, -0.2) is 65.9 Å². The summed E-state index contributed by atoms with van der Waals surface area (Å²) in [6.45, 7) is 4.41. The van der Waals surface area contributed by atoms with Crippen molar-refractivity contribution < 1.29 is 14.3 Å². The SMILES string of the molecule is CCCC(CCOC)C(=O)CC1CN(C(=O)c2cncc3ccccc23)CCN1C(c1ccccc1)c1ccccc1. The van der Waals surface area contributed by atoms with Gasteiger partial charge in [0.1, 0.15) is 5.78 Å². The Hall–Kier alpha value is -3.87. The van der Waals surface area contributed by atoms with E-state index in [9.17, 15) is 9.59 Å². The maximum absolute atomic E-state index is 14.0. The Kier molecular flexibility index (Phi) is 10.1. The highest BCUT2D eigenvalue weighted by Crippen LogP contribution is 2.34. The van der Waals surface area contributed by atoms with E-state index in [1.54, 1.807) is 19.5 Å². The van der Waals surface area contributed by atoms with Crippen LogP contribution in [0.1, 0.15) is 60.1 Å². The molecule has 6 heteroatoms. The number of pyridine rings is 1. The van der Waals surface area contributed by atoms with E-state index in [1.807, 2.05) is 41.3 Å². The van der Waals surface area contributed by atoms with Gasteiger partial charge in [-0.1, -0.05) is 98.3 Å². The van der Waals surface area contributed by atoms with Crippen LogP contribution in [0.3, 0.4) is 0 Å². The predicted molar refractivity (Wildman–Crippen MR) is 167 cm³/mol. The lowest BCUT2D eigenvalue weighted by Crippen LogP contribution is -2.56. The van der Waals surface area contributed by atoms with Crippen molar-refractivity contribution >= 4 is 22.5 Å². The Bertz CT molecular complexity index is 1420. The fourth-order valence-electron chi connectivity index (χ4n) is 6.35. The third-order valence-corrected chi connectivity index (χ3v) is 8.48. The normalized spacial score (nSPS) is 16.5. The molecule has 42 heavy (non-hydrogen) atoms. The van der Waals surface area contributed by atoms with E-state index in [0.717, 1.165) is 30.0 Å². The number of hydrogen-bond acceptors (Lipinski definition) is 5. The topological polar surface area (TPSA) is 62.7 Å². The molecule has 218 valence electrons. The number of ether oxygens (including phenoxy) is 1. The number of amides is 1. The zero-order chi connectivity index (χ0) is 29.3. The van der Waals surface area contributed by atoms with Crippen LogP contribution in [0.25, 0.3) is 10.8 Å². The van der Waals surface area contributed by atoms with Crippen LogP contribution in [0.15, 0.2) is 97.3 Å². The molecule has 2 atom stereocenters. The van der Waals surface area contributed by atoms with Gasteiger partial charge in [-0.3, -0.25) is 19.5 Å². The van der Waals surface area contributed by atoms with E-state index in [-0.39, 0.29) is 29.7 Å². The summed E-state index contributed by atoms with van der Waals surface area (Å²) in [5.41, 5.74) is 2.98. The second-order valence-electron chi connectivity index (χ2n) is 11.2. The lowest BCUT2D eigenvalue weighted by molar-refractivity contribution is -0.125. The summed E-state index contributed by atoms with van der Waals surface area (Å²) in [6.07, 6.45) is 6.38. The standard InChI is InChI=1S/C36H41N3O3/c1-3-12-27(19-22-42-2)34(40)23-31-26-38(36(41)33-25-37-24-30-17-10-11-18-32(30)33)20-21-39(31)35(28-13-6-4-7-14-28)29-15-8-5-9-16-29/h4-11,13-18,24-25,27,31,35H,3,12,19-23,26H2,1-2H3. The quantitative estimate of drug-likeness (QED) is 0.195. The molecule has 6 nitrogen and oxygen atoms in total. The molecule has 0 aliphatic carbocycles. The zero-order valence-electron chi connectivity index (χ0n) is 24.7. The molecular weight excluding hydrogens is 522 g/mol. The first-order valence-electron chi connectivity index (χ1n) is 15.1. The Labute approximate surface area is 249 Å². The molecule has 1 saturated heterocycles. The highest BCUT2D eigenvalue weighted by Gasteiger charge is 2.37. The van der Waals surface area contributed by atoms with Crippen molar-refractivity contribution in [3.8, 4) is 0 Å². The molecule has 0 spiro atoms. The van der Waals surface area contributed by atoms with E-state index in [4.69, 9.17) is 4.74 Å². The molecule has 1 fully saturated rings. The summed E-state index contributed by atoms with van der Waals surface area (Å²) in [6, 6.07) is 28.7. The third kappa shape index (κ3) is 6.77. The molecule has 1 aromatic heterocycles. The zero-order valence-corrected chi connectivity index (χ0v) is 24.7. The number of fused-ring (bicyclic) bond motifs is 1. The minimum atomic E-state index is -0.134. The number of ketones is 1. The summed E-state index contributed by atoms with van der Waals surface area (Å²) < 4.78 is 5.35. The van der Waals surface area contributed by atoms with Crippen molar-refractivity contribution in [3.63, 3.8) is 0 Å². The highest BCUT2D eigenvalue weighted by atomic mass is 16.5. The van der Waals surface area contributed by atoms with E-state index in [0.29, 0.717) is 38.2 Å². The monoisotopic (exact) mass is 563 g/mol. The van der Waals surface area contributed by atoms with Crippen LogP contribution in [0.4, 0.5) is 0 Å². The molecule has 0 bridgehead atoms. The van der Waals surface area contributed by atoms with Crippen molar-refractivity contribution in [2.45, 2.75) is 44.7 Å². The Balaban J connectivity index is 1.49. The van der Waals surface area contributed by atoms with Crippen molar-refractivity contribution in [3.05, 3.63) is 114 Å². The average Bonchev–Trinajstić information content (AvgIpc) is 3.04. The molecule has 1 aliphatic rings. The fraction of sp³-hybridized carbons (Fsp3) is 0.361. The van der Waals surface area contributed by atoms with Crippen LogP contribution in [0.2, 0.25) is 0 Å². The third-order valence-electron chi connectivity index (χ3n) is 8.48. The van der Waals surface area contributed by atoms with E-state index in [1.165, 1.54) is 11.1 Å². The summed E-state index contributed by atoms with van der Waals surface area (Å²) in [4.78, 5) is 36.6. The lowest BCUT2D eigenvalue weighted by atomic mass is 9.88. The van der Waals surface area contributed by atoms with Gasteiger partial charge in [0.15, 0.2) is 0 Å². The molecule has 0 radical (unpaired) electrons. The number of rotatable bonds is 12. The smallest absolute Gasteiger partial charge is 0.256 e. The van der Waals surface area contributed by atoms with Crippen molar-refractivity contribution in [2.75, 3.05) is 33.4 Å². The molecule has 1 aliphatic heterocycles. The summed E-state index contributed by atoms with van der Waals surface area (Å²) in [5, 5.41) is 1.85. The Morgan fingerprint density at radius 1 is 0.881 bits per heavy atom. The van der Waals surface area contributed by atoms with Gasteiger partial charge >= 0.3 is 0 Å². The second-order valence-corrected chi connectivity index (χ2v) is 11.2. The van der Waals surface area contributed by atoms with Crippen LogP contribution in [-0.2, 0) is 9.53 Å². The molecule has 2 heterocycles. The minimum absolute atomic E-state index is 0.0229. The van der Waals surface area contributed by atoms with E-state index < -0.39 is 0 Å². The van der Waals surface area contributed by atoms with Crippen LogP contribution >= 0.6 is 0 Å². The van der Waals surface area contributed by atoms with Crippen molar-refractivity contribution in [1.82, 2.24) is 14.8 Å². The summed E-state index contributed by atoms with van der Waals surface area (Å²) >= 11 is 0. The number of hydrogen-bond donors (Lipinski definition) is 0. The van der Waals surface area contributed by atoms with Crippen LogP contribution < -0.4 is 0 Å². The van der Waals surface area contributed by atoms with Crippen LogP contribution in [0.5, 0.6) is 0 Å². The Morgan fingerprint density at radius 2 is 1.55 bits per heavy atom. The predicted octanol–water partition coefficient (Wildman–Crippen LogP) is 6.56. The van der Waals surface area contributed by atoms with Gasteiger partial charge in [0, 0.05) is 69.5 Å². The van der Waals surface area contributed by atoms with E-state index >= 15 is 0 Å². The number of benzene rings is 3. The van der Waals surface area contributed by atoms with Gasteiger partial charge in [0.2, 0.25) is 0 Å². The van der Waals surface area contributed by atoms with Gasteiger partial charge in [-0.05, 0) is 29.4 Å². The maximum atomic E-state index is 14.0. The summed E-state index contributed by atoms with van der Waals surface area (Å²) in [7, 11) is 1.69. The van der Waals surface area contributed by atoms with Crippen LogP contribution in [0, 0.1) is 5.92 Å². The van der Waals surface area contributed by atoms with Gasteiger partial charge < -0.3 is 9.64 Å². The fourth-order valence-corrected chi connectivity index (χ4v) is 6.35. The number of carbonyl (C=O) groups is 2. The van der Waals surface area contributed by atoms with Gasteiger partial charge in [-0.15, -0.1) is 0 Å². The molecule has 0 N–H and O–H groups in total. The van der Waals surface area contributed by atoms with Crippen molar-refractivity contribution in [1.29, 1.82) is 0 Å². The van der Waals surface area contributed by atoms with Gasteiger partial charge in [0.25, 0.3) is 5.91 Å². The first-order valence-corrected chi connectivity index (χ1v) is 15.1. The average molecular weight is 564 g/mol. The number of carbonyl (C=O) groups excluding carboxylic acids is 2. The first kappa shape index (κ1) is 29.6. The molecule has 4 aromatic rings. The largest absolute Gasteiger partial charge is 0.385 e. The van der Waals surface area contributed by atoms with E-state index in [2.05, 4.69) is 65.3 Å². The number of Topliss-reactive ketones (excluding diaryl/α,β-unsaturated/α-hetero) is 1. The molecule has 2 unspecified atom stereocenters. The molecule has 0 saturated carbocycles.